The first kappa shape index (κ1) is 18.2. The third kappa shape index (κ3) is 7.39. The molecule has 100 valence electrons. The van der Waals surface area contributed by atoms with Gasteiger partial charge in [0.05, 0.1) is 0 Å². The molecule has 2 rings (SSSR count). The van der Waals surface area contributed by atoms with E-state index in [1.54, 1.807) is 0 Å². The fourth-order valence-corrected chi connectivity index (χ4v) is 3.78. The summed E-state index contributed by atoms with van der Waals surface area (Å²) in [5.74, 6) is 0. The standard InChI is InChI=1S/2C6H11O.2ClH.Ti/c2*7-6-4-2-1-3-5-6;;;/h2*6H,1-5H2;2*1H;/q2*-1;;;+4/p-2. The van der Waals surface area contributed by atoms with Crippen LogP contribution in [0.1, 0.15) is 64.2 Å². The number of rotatable bonds is 4. The van der Waals surface area contributed by atoms with Crippen LogP contribution in [0.2, 0.25) is 0 Å². The molecule has 0 unspecified atom stereocenters. The summed E-state index contributed by atoms with van der Waals surface area (Å²) in [5, 5.41) is 0. The topological polar surface area (TPSA) is 18.5 Å². The van der Waals surface area contributed by atoms with Crippen LogP contribution in [0.4, 0.5) is 0 Å². The summed E-state index contributed by atoms with van der Waals surface area (Å²) in [4.78, 5) is 0. The summed E-state index contributed by atoms with van der Waals surface area (Å²) in [5.41, 5.74) is 0. The molecule has 0 aromatic heterocycles. The molecule has 0 bridgehead atoms. The van der Waals surface area contributed by atoms with Gasteiger partial charge in [0.15, 0.2) is 0 Å². The molecule has 2 saturated carbocycles. The zero-order chi connectivity index (χ0) is 10.3. The predicted molar refractivity (Wildman–Crippen MR) is 55.9 cm³/mol. The van der Waals surface area contributed by atoms with Crippen LogP contribution in [0, 0.1) is 0 Å². The maximum absolute atomic E-state index is 5.89. The quantitative estimate of drug-likeness (QED) is 0.539. The van der Waals surface area contributed by atoms with Crippen molar-refractivity contribution in [2.75, 3.05) is 0 Å². The molecule has 0 amide bonds. The van der Waals surface area contributed by atoms with Gasteiger partial charge in [0.1, 0.15) is 0 Å². The van der Waals surface area contributed by atoms with Gasteiger partial charge in [-0.15, -0.1) is 0 Å². The van der Waals surface area contributed by atoms with E-state index < -0.39 is 19.9 Å². The molecule has 0 radical (unpaired) electrons. The summed E-state index contributed by atoms with van der Waals surface area (Å²) < 4.78 is 11.8. The van der Waals surface area contributed by atoms with E-state index in [1.165, 1.54) is 64.2 Å². The average molecular weight is 317 g/mol. The SMILES string of the molecule is C1CCC([O][Ti+2][O]C2CCCCC2)CC1.[Cl-].[Cl-]. The van der Waals surface area contributed by atoms with Crippen LogP contribution in [0.25, 0.3) is 0 Å². The van der Waals surface area contributed by atoms with E-state index in [2.05, 4.69) is 0 Å². The van der Waals surface area contributed by atoms with Crippen molar-refractivity contribution in [3.8, 4) is 0 Å². The van der Waals surface area contributed by atoms with Crippen LogP contribution < -0.4 is 24.8 Å². The Morgan fingerprint density at radius 1 is 0.588 bits per heavy atom. The Balaban J connectivity index is 0.00000128. The van der Waals surface area contributed by atoms with Crippen molar-refractivity contribution in [1.82, 2.24) is 0 Å². The van der Waals surface area contributed by atoms with E-state index in [4.69, 9.17) is 6.64 Å². The molecule has 2 fully saturated rings. The monoisotopic (exact) mass is 316 g/mol. The van der Waals surface area contributed by atoms with Gasteiger partial charge in [0, 0.05) is 0 Å². The summed E-state index contributed by atoms with van der Waals surface area (Å²) in [7, 11) is 0. The van der Waals surface area contributed by atoms with Crippen LogP contribution in [-0.2, 0) is 26.6 Å². The molecule has 0 aliphatic heterocycles. The van der Waals surface area contributed by atoms with E-state index in [1.807, 2.05) is 0 Å². The summed E-state index contributed by atoms with van der Waals surface area (Å²) >= 11 is -0.557. The molecule has 2 aliphatic carbocycles. The maximum Gasteiger partial charge on any atom is -1.00 e. The van der Waals surface area contributed by atoms with E-state index >= 15 is 0 Å². The molecule has 2 nitrogen and oxygen atoms in total. The summed E-state index contributed by atoms with van der Waals surface area (Å²) in [6, 6.07) is 0. The fraction of sp³-hybridized carbons (Fsp3) is 1.00. The molecule has 0 spiro atoms. The first-order valence-corrected chi connectivity index (χ1v) is 7.79. The second kappa shape index (κ2) is 11.1. The molecule has 5 heteroatoms. The molecule has 0 heterocycles. The number of hydrogen-bond acceptors (Lipinski definition) is 2. The Labute approximate surface area is 127 Å². The zero-order valence-electron chi connectivity index (χ0n) is 10.3. The Bertz CT molecular complexity index is 154. The minimum Gasteiger partial charge on any atom is -1.00 e. The van der Waals surface area contributed by atoms with Crippen molar-refractivity contribution in [3.05, 3.63) is 0 Å². The van der Waals surface area contributed by atoms with Gasteiger partial charge in [-0.2, -0.15) is 0 Å². The second-order valence-electron chi connectivity index (χ2n) is 4.84. The van der Waals surface area contributed by atoms with E-state index in [0.717, 1.165) is 0 Å². The van der Waals surface area contributed by atoms with Crippen molar-refractivity contribution < 1.29 is 51.4 Å². The van der Waals surface area contributed by atoms with Gasteiger partial charge in [0.25, 0.3) is 0 Å². The van der Waals surface area contributed by atoms with Crippen LogP contribution in [0.3, 0.4) is 0 Å². The van der Waals surface area contributed by atoms with Gasteiger partial charge in [0.2, 0.25) is 0 Å². The molecule has 2 aliphatic rings. The van der Waals surface area contributed by atoms with Crippen LogP contribution >= 0.6 is 0 Å². The first-order chi connectivity index (χ1) is 7.45. The zero-order valence-corrected chi connectivity index (χ0v) is 13.4. The average Bonchev–Trinajstić information content (AvgIpc) is 2.32. The molecule has 0 atom stereocenters. The van der Waals surface area contributed by atoms with Gasteiger partial charge in [-0.05, 0) is 0 Å². The minimum absolute atomic E-state index is 0. The molecular formula is C12H22Cl2O2Ti. The molecule has 0 aromatic carbocycles. The van der Waals surface area contributed by atoms with Gasteiger partial charge < -0.3 is 24.8 Å². The maximum atomic E-state index is 5.89. The third-order valence-electron chi connectivity index (χ3n) is 3.53. The third-order valence-corrected chi connectivity index (χ3v) is 4.88. The smallest absolute Gasteiger partial charge is 1.00 e. The fourth-order valence-electron chi connectivity index (χ4n) is 2.53. The van der Waals surface area contributed by atoms with Crippen molar-refractivity contribution >= 4 is 0 Å². The number of hydrogen-bond donors (Lipinski definition) is 0. The summed E-state index contributed by atoms with van der Waals surface area (Å²) in [6.07, 6.45) is 14.4. The molecular weight excluding hydrogens is 295 g/mol. The van der Waals surface area contributed by atoms with Crippen molar-refractivity contribution in [2.24, 2.45) is 0 Å². The Morgan fingerprint density at radius 3 is 1.29 bits per heavy atom. The van der Waals surface area contributed by atoms with Crippen molar-refractivity contribution in [3.63, 3.8) is 0 Å². The molecule has 0 aromatic rings. The van der Waals surface area contributed by atoms with Gasteiger partial charge in [-0.3, -0.25) is 0 Å². The molecule has 17 heavy (non-hydrogen) atoms. The first-order valence-electron chi connectivity index (χ1n) is 6.51. The minimum atomic E-state index is -0.557. The second-order valence-corrected chi connectivity index (χ2v) is 5.84. The van der Waals surface area contributed by atoms with Gasteiger partial charge >= 0.3 is 103 Å². The van der Waals surface area contributed by atoms with Gasteiger partial charge in [-0.1, -0.05) is 0 Å². The van der Waals surface area contributed by atoms with Crippen molar-refractivity contribution in [2.45, 2.75) is 76.4 Å². The van der Waals surface area contributed by atoms with Crippen LogP contribution in [-0.4, -0.2) is 12.2 Å². The Kier molecular flexibility index (Phi) is 11.9. The van der Waals surface area contributed by atoms with E-state index in [0.29, 0.717) is 12.2 Å². The van der Waals surface area contributed by atoms with E-state index in [-0.39, 0.29) is 24.8 Å². The van der Waals surface area contributed by atoms with Crippen molar-refractivity contribution in [1.29, 1.82) is 0 Å². The molecule has 0 N–H and O–H groups in total. The largest absolute Gasteiger partial charge is 1.00 e. The van der Waals surface area contributed by atoms with Gasteiger partial charge in [-0.25, -0.2) is 0 Å². The van der Waals surface area contributed by atoms with E-state index in [9.17, 15) is 0 Å². The number of halogens is 2. The normalized spacial score (nSPS) is 22.1. The Hall–Kier alpha value is 1.21. The van der Waals surface area contributed by atoms with Crippen LogP contribution in [0.15, 0.2) is 0 Å². The summed E-state index contributed by atoms with van der Waals surface area (Å²) in [6.45, 7) is 0. The molecule has 0 saturated heterocycles. The van der Waals surface area contributed by atoms with Crippen LogP contribution in [0.5, 0.6) is 0 Å². The predicted octanol–water partition coefficient (Wildman–Crippen LogP) is -2.39. The Morgan fingerprint density at radius 2 is 0.941 bits per heavy atom.